The van der Waals surface area contributed by atoms with Crippen LogP contribution in [0.4, 0.5) is 0 Å². The quantitative estimate of drug-likeness (QED) is 0.321. The maximum atomic E-state index is 11.7. The lowest BCUT2D eigenvalue weighted by atomic mass is 9.93. The second kappa shape index (κ2) is 9.60. The van der Waals surface area contributed by atoms with E-state index in [1.807, 2.05) is 53.1 Å². The average Bonchev–Trinajstić information content (AvgIpc) is 3.36. The van der Waals surface area contributed by atoms with Crippen molar-refractivity contribution in [2.75, 3.05) is 0 Å². The zero-order valence-electron chi connectivity index (χ0n) is 19.6. The second-order valence-corrected chi connectivity index (χ2v) is 8.84. The standard InChI is InChI=1S/C30H25N5O/c36-20-28-26-16-25(22-6-2-1-3-7-22)30(34-27(26)13-14-32-28)23-11-9-21(10-12-23)17-31-18-24-19-35-15-5-4-8-29(35)33-24/h1-16,19-20,28,31-32H,17-18H2. The molecule has 176 valence electrons. The lowest BCUT2D eigenvalue weighted by Gasteiger charge is -2.21. The molecule has 0 amide bonds. The van der Waals surface area contributed by atoms with Gasteiger partial charge in [-0.1, -0.05) is 60.7 Å². The van der Waals surface area contributed by atoms with E-state index in [4.69, 9.17) is 4.98 Å². The molecule has 3 aromatic heterocycles. The van der Waals surface area contributed by atoms with Crippen LogP contribution in [0, 0.1) is 0 Å². The Morgan fingerprint density at radius 1 is 0.917 bits per heavy atom. The summed E-state index contributed by atoms with van der Waals surface area (Å²) in [5.41, 5.74) is 8.88. The molecule has 36 heavy (non-hydrogen) atoms. The van der Waals surface area contributed by atoms with Gasteiger partial charge < -0.3 is 19.8 Å². The molecule has 0 fully saturated rings. The Morgan fingerprint density at radius 3 is 2.56 bits per heavy atom. The van der Waals surface area contributed by atoms with Crippen LogP contribution in [0.1, 0.15) is 28.6 Å². The van der Waals surface area contributed by atoms with E-state index < -0.39 is 6.04 Å². The summed E-state index contributed by atoms with van der Waals surface area (Å²) in [6, 6.07) is 26.4. The third kappa shape index (κ3) is 4.30. The number of aldehydes is 1. The van der Waals surface area contributed by atoms with Gasteiger partial charge in [-0.25, -0.2) is 9.97 Å². The molecule has 1 unspecified atom stereocenters. The number of fused-ring (bicyclic) bond motifs is 2. The fourth-order valence-corrected chi connectivity index (χ4v) is 4.60. The fourth-order valence-electron chi connectivity index (χ4n) is 4.60. The molecule has 1 atom stereocenters. The second-order valence-electron chi connectivity index (χ2n) is 8.84. The number of pyridine rings is 2. The SMILES string of the molecule is O=CC1NC=Cc2nc(-c3ccc(CNCc4cn5ccccc5n4)cc3)c(-c3ccccc3)cc21. The van der Waals surface area contributed by atoms with Crippen molar-refractivity contribution in [3.63, 3.8) is 0 Å². The van der Waals surface area contributed by atoms with E-state index in [2.05, 4.69) is 64.3 Å². The Bertz CT molecular complexity index is 1520. The van der Waals surface area contributed by atoms with Crippen molar-refractivity contribution >= 4 is 18.0 Å². The zero-order chi connectivity index (χ0) is 24.3. The Hall–Kier alpha value is -4.55. The monoisotopic (exact) mass is 471 g/mol. The number of carbonyl (C=O) groups is 1. The van der Waals surface area contributed by atoms with E-state index in [-0.39, 0.29) is 0 Å². The Kier molecular flexibility index (Phi) is 5.85. The van der Waals surface area contributed by atoms with E-state index in [1.54, 1.807) is 6.20 Å². The highest BCUT2D eigenvalue weighted by molar-refractivity contribution is 5.84. The summed E-state index contributed by atoms with van der Waals surface area (Å²) >= 11 is 0. The highest BCUT2D eigenvalue weighted by atomic mass is 16.1. The van der Waals surface area contributed by atoms with Crippen molar-refractivity contribution in [2.24, 2.45) is 0 Å². The van der Waals surface area contributed by atoms with Crippen LogP contribution in [0.2, 0.25) is 0 Å². The van der Waals surface area contributed by atoms with Gasteiger partial charge in [0.05, 0.1) is 17.1 Å². The summed E-state index contributed by atoms with van der Waals surface area (Å²) in [6.07, 6.45) is 8.70. The van der Waals surface area contributed by atoms with Crippen molar-refractivity contribution in [1.82, 2.24) is 25.0 Å². The van der Waals surface area contributed by atoms with E-state index in [1.165, 1.54) is 5.56 Å². The number of carbonyl (C=O) groups excluding carboxylic acids is 1. The first-order valence-electron chi connectivity index (χ1n) is 12.0. The number of imidazole rings is 1. The molecule has 0 radical (unpaired) electrons. The van der Waals surface area contributed by atoms with E-state index in [0.717, 1.165) is 57.8 Å². The van der Waals surface area contributed by atoms with Crippen LogP contribution < -0.4 is 10.6 Å². The minimum absolute atomic E-state index is 0.393. The number of nitrogens with one attached hydrogen (secondary N) is 2. The van der Waals surface area contributed by atoms with Gasteiger partial charge in [-0.2, -0.15) is 0 Å². The summed E-state index contributed by atoms with van der Waals surface area (Å²) in [5, 5.41) is 6.59. The predicted octanol–water partition coefficient (Wildman–Crippen LogP) is 5.17. The molecule has 1 aliphatic rings. The molecule has 0 saturated carbocycles. The summed E-state index contributed by atoms with van der Waals surface area (Å²) < 4.78 is 2.03. The summed E-state index contributed by atoms with van der Waals surface area (Å²) in [7, 11) is 0. The molecule has 2 N–H and O–H groups in total. The lowest BCUT2D eigenvalue weighted by Crippen LogP contribution is -2.21. The van der Waals surface area contributed by atoms with E-state index in [0.29, 0.717) is 6.54 Å². The van der Waals surface area contributed by atoms with Crippen molar-refractivity contribution in [3.8, 4) is 22.4 Å². The summed E-state index contributed by atoms with van der Waals surface area (Å²) in [5.74, 6) is 0. The van der Waals surface area contributed by atoms with Gasteiger partial charge in [0, 0.05) is 42.2 Å². The smallest absolute Gasteiger partial charge is 0.146 e. The molecule has 0 saturated heterocycles. The number of benzene rings is 2. The normalized spacial score (nSPS) is 14.4. The largest absolute Gasteiger partial charge is 0.378 e. The molecule has 6 rings (SSSR count). The van der Waals surface area contributed by atoms with Gasteiger partial charge in [0.1, 0.15) is 18.0 Å². The van der Waals surface area contributed by atoms with Gasteiger partial charge in [0.2, 0.25) is 0 Å². The molecule has 6 heteroatoms. The minimum atomic E-state index is -0.393. The van der Waals surface area contributed by atoms with Crippen molar-refractivity contribution in [3.05, 3.63) is 120 Å². The Morgan fingerprint density at radius 2 is 1.75 bits per heavy atom. The molecule has 1 aliphatic heterocycles. The number of nitrogens with zero attached hydrogens (tertiary/aromatic N) is 3. The molecular weight excluding hydrogens is 446 g/mol. The van der Waals surface area contributed by atoms with Gasteiger partial charge in [-0.15, -0.1) is 0 Å². The van der Waals surface area contributed by atoms with Crippen LogP contribution in [0.5, 0.6) is 0 Å². The third-order valence-corrected chi connectivity index (χ3v) is 6.43. The minimum Gasteiger partial charge on any atom is -0.378 e. The first-order chi connectivity index (χ1) is 17.8. The van der Waals surface area contributed by atoms with Crippen LogP contribution in [-0.4, -0.2) is 20.7 Å². The first-order valence-corrected chi connectivity index (χ1v) is 12.0. The van der Waals surface area contributed by atoms with Crippen molar-refractivity contribution < 1.29 is 4.79 Å². The number of rotatable bonds is 7. The van der Waals surface area contributed by atoms with E-state index in [9.17, 15) is 4.79 Å². The fraction of sp³-hybridized carbons (Fsp3) is 0.100. The zero-order valence-corrected chi connectivity index (χ0v) is 19.6. The lowest BCUT2D eigenvalue weighted by molar-refractivity contribution is -0.109. The molecule has 2 aromatic carbocycles. The van der Waals surface area contributed by atoms with Crippen LogP contribution in [0.25, 0.3) is 34.1 Å². The highest BCUT2D eigenvalue weighted by Crippen LogP contribution is 2.35. The van der Waals surface area contributed by atoms with Gasteiger partial charge in [0.15, 0.2) is 0 Å². The van der Waals surface area contributed by atoms with Gasteiger partial charge in [-0.3, -0.25) is 0 Å². The average molecular weight is 472 g/mol. The van der Waals surface area contributed by atoms with Crippen molar-refractivity contribution in [1.29, 1.82) is 0 Å². The molecule has 0 spiro atoms. The van der Waals surface area contributed by atoms with Crippen LogP contribution in [0.15, 0.2) is 97.5 Å². The van der Waals surface area contributed by atoms with Gasteiger partial charge in [-0.05, 0) is 41.6 Å². The topological polar surface area (TPSA) is 71.3 Å². The van der Waals surface area contributed by atoms with E-state index >= 15 is 0 Å². The maximum absolute atomic E-state index is 11.7. The molecule has 0 bridgehead atoms. The number of hydrogen-bond donors (Lipinski definition) is 2. The first kappa shape index (κ1) is 21.9. The van der Waals surface area contributed by atoms with Gasteiger partial charge >= 0.3 is 0 Å². The molecule has 5 aromatic rings. The maximum Gasteiger partial charge on any atom is 0.146 e. The van der Waals surface area contributed by atoms with Crippen LogP contribution in [0.3, 0.4) is 0 Å². The molecule has 0 aliphatic carbocycles. The Balaban J connectivity index is 1.25. The van der Waals surface area contributed by atoms with Crippen LogP contribution >= 0.6 is 0 Å². The van der Waals surface area contributed by atoms with Gasteiger partial charge in [0.25, 0.3) is 0 Å². The van der Waals surface area contributed by atoms with Crippen LogP contribution in [-0.2, 0) is 17.9 Å². The predicted molar refractivity (Wildman–Crippen MR) is 142 cm³/mol. The number of aromatic nitrogens is 3. The van der Waals surface area contributed by atoms with Crippen molar-refractivity contribution in [2.45, 2.75) is 19.1 Å². The number of hydrogen-bond acceptors (Lipinski definition) is 5. The molecule has 4 heterocycles. The summed E-state index contributed by atoms with van der Waals surface area (Å²) in [6.45, 7) is 1.44. The third-order valence-electron chi connectivity index (χ3n) is 6.43. The highest BCUT2D eigenvalue weighted by Gasteiger charge is 2.21. The Labute approximate surface area is 209 Å². The molecular formula is C30H25N5O. The molecule has 6 nitrogen and oxygen atoms in total. The summed E-state index contributed by atoms with van der Waals surface area (Å²) in [4.78, 5) is 21.3.